The Morgan fingerprint density at radius 1 is 1.32 bits per heavy atom. The summed E-state index contributed by atoms with van der Waals surface area (Å²) in [5.41, 5.74) is 4.90. The number of fused-ring (bicyclic) bond motifs is 3. The third kappa shape index (κ3) is 1.81. The Balaban J connectivity index is 1.63. The highest BCUT2D eigenvalue weighted by molar-refractivity contribution is 5.94. The summed E-state index contributed by atoms with van der Waals surface area (Å²) < 4.78 is 1.62. The van der Waals surface area contributed by atoms with Crippen LogP contribution in [0.4, 0.5) is 0 Å². The highest BCUT2D eigenvalue weighted by Crippen LogP contribution is 2.70. The molecule has 4 rings (SSSR count). The van der Waals surface area contributed by atoms with Gasteiger partial charge in [0, 0.05) is 11.6 Å². The average molecular weight is 292 g/mol. The number of allylic oxidation sites excluding steroid dienone is 1. The summed E-state index contributed by atoms with van der Waals surface area (Å²) in [5, 5.41) is 4.50. The standard InChI is InChI=1S/C19H20N2O/c1-12-17-15(11-14-18(17)19(14,2)3)21(20-12)16(22)10-9-13-7-5-4-6-8-13/h4-10,14,18H,11H2,1-3H3/b10-9+/t14-,18-/m1/s1. The van der Waals surface area contributed by atoms with Gasteiger partial charge >= 0.3 is 0 Å². The molecule has 0 bridgehead atoms. The van der Waals surface area contributed by atoms with Gasteiger partial charge in [-0.1, -0.05) is 44.2 Å². The van der Waals surface area contributed by atoms with Crippen LogP contribution < -0.4 is 0 Å². The van der Waals surface area contributed by atoms with Gasteiger partial charge in [-0.05, 0) is 42.2 Å². The lowest BCUT2D eigenvalue weighted by Gasteiger charge is -2.09. The number of carbonyl (C=O) groups is 1. The number of hydrogen-bond donors (Lipinski definition) is 0. The van der Waals surface area contributed by atoms with Crippen LogP contribution in [0.3, 0.4) is 0 Å². The van der Waals surface area contributed by atoms with Crippen LogP contribution in [-0.2, 0) is 6.42 Å². The van der Waals surface area contributed by atoms with Gasteiger partial charge in [-0.2, -0.15) is 5.10 Å². The van der Waals surface area contributed by atoms with Crippen molar-refractivity contribution in [3.8, 4) is 0 Å². The molecule has 0 radical (unpaired) electrons. The Morgan fingerprint density at radius 3 is 2.77 bits per heavy atom. The van der Waals surface area contributed by atoms with Crippen molar-refractivity contribution in [1.29, 1.82) is 0 Å². The second-order valence-corrected chi connectivity index (χ2v) is 7.05. The molecule has 1 saturated carbocycles. The smallest absolute Gasteiger partial charge is 0.267 e. The van der Waals surface area contributed by atoms with Crippen molar-refractivity contribution in [2.45, 2.75) is 33.1 Å². The fourth-order valence-electron chi connectivity index (χ4n) is 4.08. The summed E-state index contributed by atoms with van der Waals surface area (Å²) in [6, 6.07) is 9.88. The minimum absolute atomic E-state index is 0.0488. The first-order chi connectivity index (χ1) is 10.5. The number of carbonyl (C=O) groups excluding carboxylic acids is 1. The topological polar surface area (TPSA) is 34.9 Å². The van der Waals surface area contributed by atoms with Crippen LogP contribution in [0.5, 0.6) is 0 Å². The van der Waals surface area contributed by atoms with E-state index < -0.39 is 0 Å². The van der Waals surface area contributed by atoms with Crippen LogP contribution in [0, 0.1) is 18.3 Å². The molecule has 0 aliphatic heterocycles. The summed E-state index contributed by atoms with van der Waals surface area (Å²) >= 11 is 0. The number of aromatic nitrogens is 2. The molecule has 1 fully saturated rings. The Hall–Kier alpha value is -2.16. The largest absolute Gasteiger partial charge is 0.271 e. The molecule has 0 saturated heterocycles. The Kier molecular flexibility index (Phi) is 2.71. The van der Waals surface area contributed by atoms with Gasteiger partial charge < -0.3 is 0 Å². The molecule has 0 spiro atoms. The Morgan fingerprint density at radius 2 is 2.05 bits per heavy atom. The van der Waals surface area contributed by atoms with Crippen LogP contribution in [-0.4, -0.2) is 15.7 Å². The van der Waals surface area contributed by atoms with E-state index in [1.54, 1.807) is 10.8 Å². The van der Waals surface area contributed by atoms with Gasteiger partial charge in [0.2, 0.25) is 0 Å². The van der Waals surface area contributed by atoms with E-state index in [4.69, 9.17) is 0 Å². The fourth-order valence-corrected chi connectivity index (χ4v) is 4.08. The molecule has 3 heteroatoms. The van der Waals surface area contributed by atoms with Gasteiger partial charge in [0.15, 0.2) is 0 Å². The van der Waals surface area contributed by atoms with Crippen molar-refractivity contribution in [2.75, 3.05) is 0 Å². The molecular weight excluding hydrogens is 272 g/mol. The first-order valence-corrected chi connectivity index (χ1v) is 7.86. The quantitative estimate of drug-likeness (QED) is 0.788. The lowest BCUT2D eigenvalue weighted by molar-refractivity contribution is 0.0951. The van der Waals surface area contributed by atoms with E-state index in [9.17, 15) is 4.79 Å². The summed E-state index contributed by atoms with van der Waals surface area (Å²) in [6.45, 7) is 6.67. The number of rotatable bonds is 2. The minimum atomic E-state index is -0.0488. The summed E-state index contributed by atoms with van der Waals surface area (Å²) in [5.74, 6) is 1.24. The van der Waals surface area contributed by atoms with Crippen LogP contribution in [0.15, 0.2) is 36.4 Å². The molecule has 2 aliphatic rings. The predicted octanol–water partition coefficient (Wildman–Crippen LogP) is 3.84. The number of aryl methyl sites for hydroxylation is 1. The zero-order chi connectivity index (χ0) is 15.5. The molecule has 22 heavy (non-hydrogen) atoms. The molecule has 0 N–H and O–H groups in total. The molecule has 0 amide bonds. The predicted molar refractivity (Wildman–Crippen MR) is 86.8 cm³/mol. The minimum Gasteiger partial charge on any atom is -0.267 e. The van der Waals surface area contributed by atoms with Crippen molar-refractivity contribution in [3.63, 3.8) is 0 Å². The zero-order valence-electron chi connectivity index (χ0n) is 13.2. The third-order valence-corrected chi connectivity index (χ3v) is 5.41. The van der Waals surface area contributed by atoms with Crippen molar-refractivity contribution >= 4 is 12.0 Å². The lowest BCUT2D eigenvalue weighted by atomic mass is 9.98. The van der Waals surface area contributed by atoms with Crippen LogP contribution in [0.1, 0.15) is 47.1 Å². The number of nitrogens with zero attached hydrogens (tertiary/aromatic N) is 2. The van der Waals surface area contributed by atoms with Gasteiger partial charge in [-0.3, -0.25) is 4.79 Å². The van der Waals surface area contributed by atoms with Crippen molar-refractivity contribution < 1.29 is 4.79 Å². The molecule has 0 unspecified atom stereocenters. The molecule has 1 aromatic heterocycles. The van der Waals surface area contributed by atoms with Crippen molar-refractivity contribution in [1.82, 2.24) is 9.78 Å². The van der Waals surface area contributed by atoms with E-state index in [2.05, 4.69) is 18.9 Å². The SMILES string of the molecule is Cc1nn(C(=O)/C=C/c2ccccc2)c2c1[C@H]1[C@@H](C2)C1(C)C. The summed E-state index contributed by atoms with van der Waals surface area (Å²) in [4.78, 5) is 12.5. The molecule has 2 aromatic rings. The Labute approximate surface area is 130 Å². The second kappa shape index (κ2) is 4.42. The highest BCUT2D eigenvalue weighted by atomic mass is 16.2. The van der Waals surface area contributed by atoms with Crippen molar-refractivity contribution in [3.05, 3.63) is 58.9 Å². The number of hydrogen-bond acceptors (Lipinski definition) is 2. The normalized spacial score (nSPS) is 24.3. The van der Waals surface area contributed by atoms with Gasteiger partial charge in [0.25, 0.3) is 5.91 Å². The molecule has 2 atom stereocenters. The van der Waals surface area contributed by atoms with Crippen LogP contribution >= 0.6 is 0 Å². The summed E-state index contributed by atoms with van der Waals surface area (Å²) in [7, 11) is 0. The third-order valence-electron chi connectivity index (χ3n) is 5.41. The van der Waals surface area contributed by atoms with Crippen LogP contribution in [0.2, 0.25) is 0 Å². The maximum Gasteiger partial charge on any atom is 0.271 e. The van der Waals surface area contributed by atoms with E-state index in [1.165, 1.54) is 5.56 Å². The van der Waals surface area contributed by atoms with Crippen molar-refractivity contribution in [2.24, 2.45) is 11.3 Å². The first-order valence-electron chi connectivity index (χ1n) is 7.86. The molecule has 1 aromatic carbocycles. The van der Waals surface area contributed by atoms with E-state index in [0.29, 0.717) is 17.3 Å². The molecule has 112 valence electrons. The molecular formula is C19H20N2O. The second-order valence-electron chi connectivity index (χ2n) is 7.05. The van der Waals surface area contributed by atoms with Gasteiger partial charge in [0.1, 0.15) is 0 Å². The maximum absolute atomic E-state index is 12.5. The van der Waals surface area contributed by atoms with Gasteiger partial charge in [-0.25, -0.2) is 4.68 Å². The van der Waals surface area contributed by atoms with Gasteiger partial charge in [-0.15, -0.1) is 0 Å². The number of benzene rings is 1. The van der Waals surface area contributed by atoms with E-state index in [1.807, 2.05) is 43.3 Å². The molecule has 3 nitrogen and oxygen atoms in total. The van der Waals surface area contributed by atoms with Gasteiger partial charge in [0.05, 0.1) is 11.4 Å². The summed E-state index contributed by atoms with van der Waals surface area (Å²) in [6.07, 6.45) is 4.46. The monoisotopic (exact) mass is 292 g/mol. The fraction of sp³-hybridized carbons (Fsp3) is 0.368. The zero-order valence-corrected chi connectivity index (χ0v) is 13.2. The Bertz CT molecular complexity index is 783. The first kappa shape index (κ1) is 13.5. The van der Waals surface area contributed by atoms with E-state index in [0.717, 1.165) is 23.4 Å². The lowest BCUT2D eigenvalue weighted by Crippen LogP contribution is -2.14. The molecule has 1 heterocycles. The molecule has 2 aliphatic carbocycles. The van der Waals surface area contributed by atoms with E-state index >= 15 is 0 Å². The van der Waals surface area contributed by atoms with E-state index in [-0.39, 0.29) is 5.91 Å². The highest BCUT2D eigenvalue weighted by Gasteiger charge is 2.63. The van der Waals surface area contributed by atoms with Crippen LogP contribution in [0.25, 0.3) is 6.08 Å². The average Bonchev–Trinajstić information content (AvgIpc) is 2.86. The maximum atomic E-state index is 12.5.